The maximum atomic E-state index is 6.06. The second-order valence-electron chi connectivity index (χ2n) is 6.62. The highest BCUT2D eigenvalue weighted by Gasteiger charge is 2.61. The number of likely N-dealkylation sites (tertiary alicyclic amines) is 1. The van der Waals surface area contributed by atoms with E-state index in [-0.39, 0.29) is 0 Å². The SMILES string of the molecule is CN1CC2C3CCC(C3)C2(c2ccc(Cl)cc2)C1. The van der Waals surface area contributed by atoms with E-state index in [0.29, 0.717) is 5.41 Å². The predicted octanol–water partition coefficient (Wildman–Crippen LogP) is 3.57. The molecule has 96 valence electrons. The zero-order chi connectivity index (χ0) is 12.3. The van der Waals surface area contributed by atoms with E-state index >= 15 is 0 Å². The first-order valence-corrected chi connectivity index (χ1v) is 7.52. The summed E-state index contributed by atoms with van der Waals surface area (Å²) in [5.74, 6) is 2.79. The molecule has 0 aromatic heterocycles. The van der Waals surface area contributed by atoms with Crippen molar-refractivity contribution in [1.29, 1.82) is 0 Å². The van der Waals surface area contributed by atoms with Crippen molar-refractivity contribution in [1.82, 2.24) is 4.90 Å². The van der Waals surface area contributed by atoms with Crippen LogP contribution in [-0.4, -0.2) is 25.0 Å². The molecule has 1 nitrogen and oxygen atoms in total. The molecule has 2 saturated carbocycles. The molecular formula is C16H20ClN. The van der Waals surface area contributed by atoms with Gasteiger partial charge in [-0.1, -0.05) is 23.7 Å². The van der Waals surface area contributed by atoms with E-state index in [9.17, 15) is 0 Å². The van der Waals surface area contributed by atoms with Crippen LogP contribution in [-0.2, 0) is 5.41 Å². The molecule has 1 heterocycles. The van der Waals surface area contributed by atoms with Crippen molar-refractivity contribution in [2.24, 2.45) is 17.8 Å². The van der Waals surface area contributed by atoms with Crippen LogP contribution in [0.15, 0.2) is 24.3 Å². The van der Waals surface area contributed by atoms with Gasteiger partial charge in [-0.2, -0.15) is 0 Å². The second kappa shape index (κ2) is 3.74. The summed E-state index contributed by atoms with van der Waals surface area (Å²) in [6.45, 7) is 2.55. The van der Waals surface area contributed by atoms with E-state index < -0.39 is 0 Å². The molecule has 3 fully saturated rings. The molecule has 4 rings (SSSR count). The van der Waals surface area contributed by atoms with Gasteiger partial charge in [-0.05, 0) is 61.8 Å². The number of likely N-dealkylation sites (N-methyl/N-ethyl adjacent to an activating group) is 1. The van der Waals surface area contributed by atoms with Gasteiger partial charge in [0.05, 0.1) is 0 Å². The summed E-state index contributed by atoms with van der Waals surface area (Å²) < 4.78 is 0. The van der Waals surface area contributed by atoms with Gasteiger partial charge in [0.25, 0.3) is 0 Å². The van der Waals surface area contributed by atoms with Gasteiger partial charge in [-0.15, -0.1) is 0 Å². The van der Waals surface area contributed by atoms with Crippen molar-refractivity contribution in [3.8, 4) is 0 Å². The highest BCUT2D eigenvalue weighted by atomic mass is 35.5. The van der Waals surface area contributed by atoms with Gasteiger partial charge in [0.1, 0.15) is 0 Å². The zero-order valence-corrected chi connectivity index (χ0v) is 11.7. The number of hydrogen-bond donors (Lipinski definition) is 0. The van der Waals surface area contributed by atoms with Crippen LogP contribution in [0.25, 0.3) is 0 Å². The first kappa shape index (κ1) is 11.3. The van der Waals surface area contributed by atoms with Crippen molar-refractivity contribution >= 4 is 11.6 Å². The zero-order valence-electron chi connectivity index (χ0n) is 10.9. The third-order valence-electron chi connectivity index (χ3n) is 5.85. The minimum atomic E-state index is 0.447. The Morgan fingerprint density at radius 2 is 2.00 bits per heavy atom. The standard InChI is InChI=1S/C16H20ClN/c1-18-9-15-11-2-3-13(8-11)16(15,10-18)12-4-6-14(17)7-5-12/h4-7,11,13,15H,2-3,8-10H2,1H3. The predicted molar refractivity (Wildman–Crippen MR) is 74.9 cm³/mol. The van der Waals surface area contributed by atoms with Gasteiger partial charge in [0.15, 0.2) is 0 Å². The first-order chi connectivity index (χ1) is 8.70. The summed E-state index contributed by atoms with van der Waals surface area (Å²) in [7, 11) is 2.29. The minimum absolute atomic E-state index is 0.447. The molecule has 2 bridgehead atoms. The van der Waals surface area contributed by atoms with Gasteiger partial charge in [0.2, 0.25) is 0 Å². The number of hydrogen-bond acceptors (Lipinski definition) is 1. The summed E-state index contributed by atoms with van der Waals surface area (Å²) in [5, 5.41) is 0.862. The largest absolute Gasteiger partial charge is 0.305 e. The Kier molecular flexibility index (Phi) is 2.35. The monoisotopic (exact) mass is 261 g/mol. The van der Waals surface area contributed by atoms with Gasteiger partial charge < -0.3 is 4.90 Å². The number of benzene rings is 1. The van der Waals surface area contributed by atoms with Gasteiger partial charge in [0, 0.05) is 23.5 Å². The lowest BCUT2D eigenvalue weighted by Gasteiger charge is -2.39. The van der Waals surface area contributed by atoms with Crippen molar-refractivity contribution < 1.29 is 0 Å². The maximum Gasteiger partial charge on any atom is 0.0406 e. The molecule has 18 heavy (non-hydrogen) atoms. The van der Waals surface area contributed by atoms with Crippen molar-refractivity contribution in [3.63, 3.8) is 0 Å². The number of rotatable bonds is 1. The summed E-state index contributed by atoms with van der Waals surface area (Å²) >= 11 is 6.06. The summed E-state index contributed by atoms with van der Waals surface area (Å²) in [4.78, 5) is 2.55. The minimum Gasteiger partial charge on any atom is -0.305 e. The van der Waals surface area contributed by atoms with Crippen LogP contribution in [0.3, 0.4) is 0 Å². The fourth-order valence-electron chi connectivity index (χ4n) is 5.28. The Balaban J connectivity index is 1.82. The van der Waals surface area contributed by atoms with Crippen molar-refractivity contribution in [3.05, 3.63) is 34.9 Å². The third-order valence-corrected chi connectivity index (χ3v) is 6.11. The van der Waals surface area contributed by atoms with Crippen LogP contribution in [0.4, 0.5) is 0 Å². The molecule has 3 aliphatic rings. The fraction of sp³-hybridized carbons (Fsp3) is 0.625. The number of halogens is 1. The van der Waals surface area contributed by atoms with Crippen LogP contribution in [0.1, 0.15) is 24.8 Å². The number of fused-ring (bicyclic) bond motifs is 5. The highest BCUT2D eigenvalue weighted by molar-refractivity contribution is 6.30. The molecule has 0 spiro atoms. The summed E-state index contributed by atoms with van der Waals surface area (Å²) in [6.07, 6.45) is 4.39. The average Bonchev–Trinajstić information content (AvgIpc) is 2.99. The molecule has 1 aliphatic heterocycles. The first-order valence-electron chi connectivity index (χ1n) is 7.15. The molecule has 0 radical (unpaired) electrons. The Morgan fingerprint density at radius 1 is 1.22 bits per heavy atom. The lowest BCUT2D eigenvalue weighted by Crippen LogP contribution is -2.40. The molecule has 1 aromatic carbocycles. The highest BCUT2D eigenvalue weighted by Crippen LogP contribution is 2.63. The Labute approximate surface area is 114 Å². The maximum absolute atomic E-state index is 6.06. The Bertz CT molecular complexity index is 468. The molecule has 0 amide bonds. The summed E-state index contributed by atoms with van der Waals surface area (Å²) in [6, 6.07) is 8.73. The Morgan fingerprint density at radius 3 is 2.78 bits per heavy atom. The van der Waals surface area contributed by atoms with E-state index in [2.05, 4.69) is 36.2 Å². The van der Waals surface area contributed by atoms with E-state index in [1.807, 2.05) is 0 Å². The molecule has 4 unspecified atom stereocenters. The molecule has 1 saturated heterocycles. The smallest absolute Gasteiger partial charge is 0.0406 e. The van der Waals surface area contributed by atoms with Crippen LogP contribution < -0.4 is 0 Å². The van der Waals surface area contributed by atoms with Crippen molar-refractivity contribution in [2.45, 2.75) is 24.7 Å². The Hall–Kier alpha value is -0.530. The van der Waals surface area contributed by atoms with Crippen LogP contribution in [0.5, 0.6) is 0 Å². The van der Waals surface area contributed by atoms with E-state index in [4.69, 9.17) is 11.6 Å². The normalized spacial score (nSPS) is 42.4. The average molecular weight is 262 g/mol. The number of nitrogens with zero attached hydrogens (tertiary/aromatic N) is 1. The van der Waals surface area contributed by atoms with Gasteiger partial charge >= 0.3 is 0 Å². The summed E-state index contributed by atoms with van der Waals surface area (Å²) in [5.41, 5.74) is 2.00. The molecule has 0 N–H and O–H groups in total. The molecule has 2 heteroatoms. The van der Waals surface area contributed by atoms with Crippen LogP contribution >= 0.6 is 11.6 Å². The van der Waals surface area contributed by atoms with Gasteiger partial charge in [-0.3, -0.25) is 0 Å². The lowest BCUT2D eigenvalue weighted by molar-refractivity contribution is 0.223. The van der Waals surface area contributed by atoms with Crippen LogP contribution in [0, 0.1) is 17.8 Å². The van der Waals surface area contributed by atoms with Gasteiger partial charge in [-0.25, -0.2) is 0 Å². The van der Waals surface area contributed by atoms with E-state index in [1.165, 1.54) is 32.4 Å². The molecular weight excluding hydrogens is 242 g/mol. The van der Waals surface area contributed by atoms with Crippen LogP contribution in [0.2, 0.25) is 5.02 Å². The van der Waals surface area contributed by atoms with Crippen molar-refractivity contribution in [2.75, 3.05) is 20.1 Å². The quantitative estimate of drug-likeness (QED) is 0.747. The molecule has 1 aromatic rings. The topological polar surface area (TPSA) is 3.24 Å². The third kappa shape index (κ3) is 1.32. The van der Waals surface area contributed by atoms with E-state index in [1.54, 1.807) is 5.56 Å². The lowest BCUT2D eigenvalue weighted by atomic mass is 9.64. The van der Waals surface area contributed by atoms with E-state index in [0.717, 1.165) is 22.8 Å². The molecule has 4 atom stereocenters. The second-order valence-corrected chi connectivity index (χ2v) is 7.06. The fourth-order valence-corrected chi connectivity index (χ4v) is 5.41. The molecule has 2 aliphatic carbocycles.